The molecule has 0 spiro atoms. The van der Waals surface area contributed by atoms with Gasteiger partial charge in [0, 0.05) is 6.54 Å². The van der Waals surface area contributed by atoms with Crippen molar-refractivity contribution in [3.05, 3.63) is 17.2 Å². The monoisotopic (exact) mass is 156 g/mol. The Labute approximate surface area is 63.8 Å². The lowest BCUT2D eigenvalue weighted by atomic mass is 10.3. The lowest BCUT2D eigenvalue weighted by Crippen LogP contribution is -2.00. The van der Waals surface area contributed by atoms with E-state index in [-0.39, 0.29) is 5.56 Å². The third kappa shape index (κ3) is 1.15. The Morgan fingerprint density at radius 1 is 1.73 bits per heavy atom. The van der Waals surface area contributed by atoms with Gasteiger partial charge in [-0.2, -0.15) is 9.49 Å². The van der Waals surface area contributed by atoms with Crippen molar-refractivity contribution in [1.29, 1.82) is 0 Å². The number of hydrogen-bond donors (Lipinski definition) is 0. The van der Waals surface area contributed by atoms with Crippen LogP contribution in [0.4, 0.5) is 4.39 Å². The van der Waals surface area contributed by atoms with E-state index >= 15 is 0 Å². The summed E-state index contributed by atoms with van der Waals surface area (Å²) in [5, 5.41) is 3.81. The van der Waals surface area contributed by atoms with E-state index in [1.54, 1.807) is 13.8 Å². The molecule has 0 aromatic carbocycles. The zero-order chi connectivity index (χ0) is 8.43. The number of aldehydes is 1. The molecule has 1 heterocycles. The first-order valence-corrected chi connectivity index (χ1v) is 3.38. The number of carbonyl (C=O) groups is 1. The topological polar surface area (TPSA) is 34.9 Å². The average Bonchev–Trinajstić information content (AvgIpc) is 2.26. The minimum absolute atomic E-state index is 0.0619. The maximum Gasteiger partial charge on any atom is 0.222 e. The van der Waals surface area contributed by atoms with Crippen LogP contribution in [0.15, 0.2) is 0 Å². The summed E-state index contributed by atoms with van der Waals surface area (Å²) in [6, 6.07) is 0. The second-order valence-electron chi connectivity index (χ2n) is 2.22. The molecule has 0 amide bonds. The van der Waals surface area contributed by atoms with Gasteiger partial charge in [-0.15, -0.1) is 0 Å². The average molecular weight is 156 g/mol. The molecule has 1 aromatic heterocycles. The molecule has 0 bridgehead atoms. The Morgan fingerprint density at radius 2 is 2.36 bits per heavy atom. The van der Waals surface area contributed by atoms with Crippen LogP contribution in [0.2, 0.25) is 0 Å². The van der Waals surface area contributed by atoms with Crippen LogP contribution >= 0.6 is 0 Å². The van der Waals surface area contributed by atoms with Crippen molar-refractivity contribution >= 4 is 6.29 Å². The maximum atomic E-state index is 13.0. The third-order valence-electron chi connectivity index (χ3n) is 1.53. The Morgan fingerprint density at radius 3 is 2.64 bits per heavy atom. The summed E-state index contributed by atoms with van der Waals surface area (Å²) in [4.78, 5) is 10.3. The minimum atomic E-state index is -0.542. The first-order chi connectivity index (χ1) is 5.20. The molecule has 0 radical (unpaired) electrons. The van der Waals surface area contributed by atoms with E-state index in [1.165, 1.54) is 4.68 Å². The molecule has 60 valence electrons. The largest absolute Gasteiger partial charge is 0.298 e. The predicted octanol–water partition coefficient (Wildman–Crippen LogP) is 1.16. The van der Waals surface area contributed by atoms with E-state index in [0.29, 0.717) is 18.5 Å². The van der Waals surface area contributed by atoms with E-state index < -0.39 is 5.95 Å². The lowest BCUT2D eigenvalue weighted by Gasteiger charge is -1.92. The standard InChI is InChI=1S/C7H9FN2O/c1-3-10-7(8)6(4-11)5(2)9-10/h4H,3H2,1-2H3. The zero-order valence-electron chi connectivity index (χ0n) is 6.47. The summed E-state index contributed by atoms with van der Waals surface area (Å²) in [6.07, 6.45) is 0.490. The molecular weight excluding hydrogens is 147 g/mol. The second kappa shape index (κ2) is 2.82. The molecule has 11 heavy (non-hydrogen) atoms. The van der Waals surface area contributed by atoms with E-state index in [0.717, 1.165) is 0 Å². The highest BCUT2D eigenvalue weighted by atomic mass is 19.1. The summed E-state index contributed by atoms with van der Waals surface area (Å²) in [7, 11) is 0. The third-order valence-corrected chi connectivity index (χ3v) is 1.53. The number of hydrogen-bond acceptors (Lipinski definition) is 2. The molecule has 1 aromatic rings. The molecule has 3 nitrogen and oxygen atoms in total. The molecule has 0 atom stereocenters. The fraction of sp³-hybridized carbons (Fsp3) is 0.429. The lowest BCUT2D eigenvalue weighted by molar-refractivity contribution is 0.111. The number of aromatic nitrogens is 2. The highest BCUT2D eigenvalue weighted by Gasteiger charge is 2.11. The summed E-state index contributed by atoms with van der Waals surface area (Å²) in [5.74, 6) is -0.542. The highest BCUT2D eigenvalue weighted by Crippen LogP contribution is 2.08. The van der Waals surface area contributed by atoms with Gasteiger partial charge in [0.2, 0.25) is 5.95 Å². The quantitative estimate of drug-likeness (QED) is 0.602. The molecule has 0 saturated heterocycles. The Bertz CT molecular complexity index is 280. The highest BCUT2D eigenvalue weighted by molar-refractivity contribution is 5.76. The minimum Gasteiger partial charge on any atom is -0.298 e. The van der Waals surface area contributed by atoms with Gasteiger partial charge in [-0.25, -0.2) is 4.68 Å². The van der Waals surface area contributed by atoms with Gasteiger partial charge < -0.3 is 0 Å². The summed E-state index contributed by atoms with van der Waals surface area (Å²) < 4.78 is 14.1. The molecule has 1 rings (SSSR count). The molecule has 0 aliphatic rings. The molecule has 4 heteroatoms. The van der Waals surface area contributed by atoms with Gasteiger partial charge in [0.25, 0.3) is 0 Å². The molecule has 0 saturated carbocycles. The van der Waals surface area contributed by atoms with E-state index in [9.17, 15) is 9.18 Å². The zero-order valence-corrected chi connectivity index (χ0v) is 6.47. The van der Waals surface area contributed by atoms with Crippen molar-refractivity contribution in [2.24, 2.45) is 0 Å². The van der Waals surface area contributed by atoms with Crippen LogP contribution < -0.4 is 0 Å². The van der Waals surface area contributed by atoms with Crippen molar-refractivity contribution < 1.29 is 9.18 Å². The van der Waals surface area contributed by atoms with Gasteiger partial charge in [0.05, 0.1) is 11.3 Å². The number of rotatable bonds is 2. The van der Waals surface area contributed by atoms with Crippen molar-refractivity contribution in [3.8, 4) is 0 Å². The molecule has 0 aliphatic carbocycles. The normalized spacial score (nSPS) is 10.1. The van der Waals surface area contributed by atoms with Crippen LogP contribution in [-0.4, -0.2) is 16.1 Å². The molecule has 0 N–H and O–H groups in total. The number of nitrogens with zero attached hydrogens (tertiary/aromatic N) is 2. The van der Waals surface area contributed by atoms with Crippen LogP contribution in [0.5, 0.6) is 0 Å². The predicted molar refractivity (Wildman–Crippen MR) is 38.0 cm³/mol. The Kier molecular flexibility index (Phi) is 2.03. The van der Waals surface area contributed by atoms with Gasteiger partial charge in [-0.3, -0.25) is 4.79 Å². The Hall–Kier alpha value is -1.19. The fourth-order valence-electron chi connectivity index (χ4n) is 0.911. The maximum absolute atomic E-state index is 13.0. The van der Waals surface area contributed by atoms with Crippen molar-refractivity contribution in [2.75, 3.05) is 0 Å². The van der Waals surface area contributed by atoms with Gasteiger partial charge in [-0.1, -0.05) is 0 Å². The fourth-order valence-corrected chi connectivity index (χ4v) is 0.911. The van der Waals surface area contributed by atoms with Gasteiger partial charge in [-0.05, 0) is 13.8 Å². The molecule has 0 unspecified atom stereocenters. The molecular formula is C7H9FN2O. The van der Waals surface area contributed by atoms with Crippen LogP contribution in [0.3, 0.4) is 0 Å². The van der Waals surface area contributed by atoms with Gasteiger partial charge in [0.1, 0.15) is 0 Å². The van der Waals surface area contributed by atoms with Crippen LogP contribution in [0.1, 0.15) is 23.0 Å². The SMILES string of the molecule is CCn1nc(C)c(C=O)c1F. The number of aryl methyl sites for hydroxylation is 2. The smallest absolute Gasteiger partial charge is 0.222 e. The summed E-state index contributed by atoms with van der Waals surface area (Å²) >= 11 is 0. The number of halogens is 1. The van der Waals surface area contributed by atoms with E-state index in [2.05, 4.69) is 5.10 Å². The van der Waals surface area contributed by atoms with Crippen molar-refractivity contribution in [1.82, 2.24) is 9.78 Å². The van der Waals surface area contributed by atoms with Crippen LogP contribution in [0.25, 0.3) is 0 Å². The summed E-state index contributed by atoms with van der Waals surface area (Å²) in [6.45, 7) is 3.82. The second-order valence-corrected chi connectivity index (χ2v) is 2.22. The first-order valence-electron chi connectivity index (χ1n) is 3.38. The Balaban J connectivity index is 3.24. The van der Waals surface area contributed by atoms with Gasteiger partial charge in [0.15, 0.2) is 6.29 Å². The molecule has 0 fully saturated rings. The summed E-state index contributed by atoms with van der Waals surface area (Å²) in [5.41, 5.74) is 0.506. The van der Waals surface area contributed by atoms with Crippen molar-refractivity contribution in [3.63, 3.8) is 0 Å². The van der Waals surface area contributed by atoms with Crippen LogP contribution in [0, 0.1) is 12.9 Å². The molecule has 0 aliphatic heterocycles. The van der Waals surface area contributed by atoms with Gasteiger partial charge >= 0.3 is 0 Å². The van der Waals surface area contributed by atoms with E-state index in [1.807, 2.05) is 0 Å². The van der Waals surface area contributed by atoms with Crippen LogP contribution in [-0.2, 0) is 6.54 Å². The van der Waals surface area contributed by atoms with E-state index in [4.69, 9.17) is 0 Å². The number of carbonyl (C=O) groups excluding carboxylic acids is 1. The first kappa shape index (κ1) is 7.91. The van der Waals surface area contributed by atoms with Crippen molar-refractivity contribution in [2.45, 2.75) is 20.4 Å².